The van der Waals surface area contributed by atoms with Gasteiger partial charge in [0.1, 0.15) is 0 Å². The zero-order chi connectivity index (χ0) is 7.33. The molecule has 0 aliphatic carbocycles. The fourth-order valence-electron chi connectivity index (χ4n) is 0.844. The third kappa shape index (κ3) is 4.19. The van der Waals surface area contributed by atoms with Gasteiger partial charge in [0.15, 0.2) is 0 Å². The largest absolute Gasteiger partial charge is 0 e. The van der Waals surface area contributed by atoms with E-state index < -0.39 is 18.4 Å². The predicted molar refractivity (Wildman–Crippen MR) is 65.9 cm³/mol. The molecular formula is C7H18I2Zn. The number of rotatable bonds is 4. The van der Waals surface area contributed by atoms with E-state index >= 15 is 0 Å². The van der Waals surface area contributed by atoms with Gasteiger partial charge in [0.25, 0.3) is 0 Å². The molecule has 0 aliphatic heterocycles. The number of hydrogen-bond acceptors (Lipinski definition) is 0. The first kappa shape index (κ1) is 14.6. The molecule has 0 bridgehead atoms. The van der Waals surface area contributed by atoms with Crippen molar-refractivity contribution < 1.29 is 19.5 Å². The first-order chi connectivity index (χ1) is 4.24. The minimum absolute atomic E-state index is 0. The Morgan fingerprint density at radius 2 is 1.30 bits per heavy atom. The van der Waals surface area contributed by atoms with Crippen LogP contribution in [0.1, 0.15) is 20.8 Å². The second-order valence-corrected chi connectivity index (χ2v) is 18.9. The van der Waals surface area contributed by atoms with Crippen LogP contribution >= 0.6 is 41.0 Å². The average Bonchev–Trinajstić information content (AvgIpc) is 1.95. The van der Waals surface area contributed by atoms with Crippen molar-refractivity contribution in [3.05, 3.63) is 0 Å². The van der Waals surface area contributed by atoms with Crippen molar-refractivity contribution in [2.75, 3.05) is 15.7 Å². The number of alkyl halides is 5. The summed E-state index contributed by atoms with van der Waals surface area (Å²) < 4.78 is 6.08. The summed E-state index contributed by atoms with van der Waals surface area (Å²) in [7, 11) is 0. The van der Waals surface area contributed by atoms with Gasteiger partial charge in [-0.15, -0.1) is 0 Å². The van der Waals surface area contributed by atoms with Crippen molar-refractivity contribution in [2.24, 2.45) is 0 Å². The molecule has 0 nitrogen and oxygen atoms in total. The topological polar surface area (TPSA) is 0 Å². The van der Waals surface area contributed by atoms with Crippen molar-refractivity contribution >= 4 is 41.0 Å². The molecule has 62 valence electrons. The zero-order valence-corrected chi connectivity index (χ0v) is 14.8. The molecule has 0 heterocycles. The van der Waals surface area contributed by atoms with Gasteiger partial charge in [-0.2, -0.15) is 0 Å². The molecule has 0 aliphatic rings. The van der Waals surface area contributed by atoms with Crippen LogP contribution < -0.4 is 0 Å². The molecule has 0 amide bonds. The maximum atomic E-state index is 2.59. The van der Waals surface area contributed by atoms with Gasteiger partial charge >= 0.3 is 77.5 Å². The summed E-state index contributed by atoms with van der Waals surface area (Å²) in [5, 5.41) is 0. The molecule has 0 N–H and O–H groups in total. The second kappa shape index (κ2) is 7.72. The Kier molecular flexibility index (Phi) is 11.3. The number of hydrogen-bond donors (Lipinski definition) is 0. The quantitative estimate of drug-likeness (QED) is 0.372. The summed E-state index contributed by atoms with van der Waals surface area (Å²) in [4.78, 5) is 0. The van der Waals surface area contributed by atoms with E-state index in [1.54, 1.807) is 0 Å². The summed E-state index contributed by atoms with van der Waals surface area (Å²) in [5.41, 5.74) is 0. The van der Waals surface area contributed by atoms with Gasteiger partial charge in [0, 0.05) is 19.5 Å². The van der Waals surface area contributed by atoms with Crippen LogP contribution in [0.2, 0.25) is 0 Å². The monoisotopic (exact) mass is 420 g/mol. The maximum Gasteiger partial charge on any atom is 0 e. The SMILES string of the molecule is CC[IH](CC)(CC)CI.[Zn]. The summed E-state index contributed by atoms with van der Waals surface area (Å²) in [6, 6.07) is 0. The van der Waals surface area contributed by atoms with Crippen LogP contribution in [0.5, 0.6) is 0 Å². The molecule has 0 radical (unpaired) electrons. The molecule has 0 aromatic heterocycles. The summed E-state index contributed by atoms with van der Waals surface area (Å²) in [6.07, 6.45) is 0. The van der Waals surface area contributed by atoms with E-state index in [0.29, 0.717) is 0 Å². The molecule has 3 heteroatoms. The van der Waals surface area contributed by atoms with E-state index in [-0.39, 0.29) is 19.5 Å². The van der Waals surface area contributed by atoms with E-state index in [4.69, 9.17) is 0 Å². The molecule has 0 atom stereocenters. The first-order valence-electron chi connectivity index (χ1n) is 3.54. The number of halogens is 2. The Morgan fingerprint density at radius 1 is 1.00 bits per heavy atom. The van der Waals surface area contributed by atoms with Crippen molar-refractivity contribution in [3.8, 4) is 0 Å². The average molecular weight is 421 g/mol. The van der Waals surface area contributed by atoms with E-state index in [1.807, 2.05) is 0 Å². The third-order valence-electron chi connectivity index (χ3n) is 2.07. The van der Waals surface area contributed by atoms with Crippen LogP contribution in [0.3, 0.4) is 0 Å². The van der Waals surface area contributed by atoms with Crippen molar-refractivity contribution in [1.29, 1.82) is 0 Å². The van der Waals surface area contributed by atoms with Crippen molar-refractivity contribution in [3.63, 3.8) is 0 Å². The van der Waals surface area contributed by atoms with Gasteiger partial charge in [0.2, 0.25) is 0 Å². The molecule has 0 saturated carbocycles. The Morgan fingerprint density at radius 3 is 1.30 bits per heavy atom. The van der Waals surface area contributed by atoms with Crippen LogP contribution in [0.15, 0.2) is 0 Å². The first-order valence-corrected chi connectivity index (χ1v) is 11.7. The van der Waals surface area contributed by atoms with Crippen molar-refractivity contribution in [1.82, 2.24) is 0 Å². The van der Waals surface area contributed by atoms with Gasteiger partial charge < -0.3 is 0 Å². The molecule has 0 aromatic carbocycles. The molecular weight excluding hydrogens is 403 g/mol. The second-order valence-electron chi connectivity index (χ2n) is 2.20. The fourth-order valence-corrected chi connectivity index (χ4v) is 14.5. The Bertz CT molecular complexity index is 54.5. The zero-order valence-electron chi connectivity index (χ0n) is 7.32. The third-order valence-corrected chi connectivity index (χ3v) is 22.7. The van der Waals surface area contributed by atoms with Crippen LogP contribution in [0.4, 0.5) is 0 Å². The van der Waals surface area contributed by atoms with Gasteiger partial charge in [-0.05, 0) is 0 Å². The minimum atomic E-state index is -1.20. The van der Waals surface area contributed by atoms with Crippen molar-refractivity contribution in [2.45, 2.75) is 20.8 Å². The smallest absolute Gasteiger partial charge is 0 e. The summed E-state index contributed by atoms with van der Waals surface area (Å²) >= 11 is 1.38. The molecule has 0 aromatic rings. The maximum absolute atomic E-state index is 2.59. The van der Waals surface area contributed by atoms with Gasteiger partial charge in [-0.3, -0.25) is 0 Å². The molecule has 0 rings (SSSR count). The minimum Gasteiger partial charge on any atom is 0 e. The standard InChI is InChI=1S/C7H18I2.Zn/c1-4-9(5-2,6-3)7-8;/h9H,4-7H2,1-3H3;. The van der Waals surface area contributed by atoms with Crippen LogP contribution in [-0.2, 0) is 19.5 Å². The molecule has 10 heavy (non-hydrogen) atoms. The van der Waals surface area contributed by atoms with Gasteiger partial charge in [-0.25, -0.2) is 0 Å². The van der Waals surface area contributed by atoms with E-state index in [2.05, 4.69) is 43.4 Å². The van der Waals surface area contributed by atoms with Gasteiger partial charge in [0.05, 0.1) is 0 Å². The summed E-state index contributed by atoms with van der Waals surface area (Å²) in [6.45, 7) is 7.15. The molecule has 0 saturated heterocycles. The Hall–Kier alpha value is 2.08. The Labute approximate surface area is 95.7 Å². The molecule has 0 spiro atoms. The predicted octanol–water partition coefficient (Wildman–Crippen LogP) is 3.21. The van der Waals surface area contributed by atoms with E-state index in [0.717, 1.165) is 0 Å². The summed E-state index contributed by atoms with van der Waals surface area (Å²) in [5.74, 6) is 0. The normalized spacial score (nSPS) is 12.4. The van der Waals surface area contributed by atoms with E-state index in [1.165, 1.54) is 15.7 Å². The van der Waals surface area contributed by atoms with Gasteiger partial charge in [-0.1, -0.05) is 0 Å². The fraction of sp³-hybridized carbons (Fsp3) is 1.00. The van der Waals surface area contributed by atoms with E-state index in [9.17, 15) is 0 Å². The van der Waals surface area contributed by atoms with Crippen LogP contribution in [0, 0.1) is 0 Å². The molecule has 0 fully saturated rings. The molecule has 0 unspecified atom stereocenters. The van der Waals surface area contributed by atoms with Crippen LogP contribution in [-0.4, -0.2) is 15.7 Å². The Balaban J connectivity index is 0. The van der Waals surface area contributed by atoms with Crippen LogP contribution in [0.25, 0.3) is 0 Å².